The Labute approximate surface area is 146 Å². The summed E-state index contributed by atoms with van der Waals surface area (Å²) in [4.78, 5) is 17.7. The molecule has 1 fully saturated rings. The maximum absolute atomic E-state index is 12.0. The molecule has 0 bridgehead atoms. The zero-order chi connectivity index (χ0) is 17.0. The number of aromatic nitrogens is 1. The number of pyridine rings is 1. The van der Waals surface area contributed by atoms with Crippen LogP contribution in [0.1, 0.15) is 33.6 Å². The maximum atomic E-state index is 12.0. The fourth-order valence-corrected chi connectivity index (χ4v) is 2.72. The normalized spacial score (nSPS) is 16.3. The van der Waals surface area contributed by atoms with Crippen molar-refractivity contribution in [3.05, 3.63) is 22.4 Å². The lowest BCUT2D eigenvalue weighted by molar-refractivity contribution is 0.0165. The summed E-state index contributed by atoms with van der Waals surface area (Å²) in [6.45, 7) is 7.51. The summed E-state index contributed by atoms with van der Waals surface area (Å²) in [5, 5.41) is 0.608. The van der Waals surface area contributed by atoms with Gasteiger partial charge in [0, 0.05) is 13.1 Å². The highest BCUT2D eigenvalue weighted by molar-refractivity contribution is 6.33. The first-order valence-electron chi connectivity index (χ1n) is 7.67. The highest BCUT2D eigenvalue weighted by Gasteiger charge is 2.27. The first-order valence-corrected chi connectivity index (χ1v) is 8.43. The number of hydrogen-bond donors (Lipinski definition) is 0. The van der Waals surface area contributed by atoms with Crippen molar-refractivity contribution in [2.75, 3.05) is 19.7 Å². The molecule has 0 unspecified atom stereocenters. The number of amides is 1. The van der Waals surface area contributed by atoms with E-state index in [-0.39, 0.29) is 11.2 Å². The molecule has 128 valence electrons. The van der Waals surface area contributed by atoms with Gasteiger partial charge in [-0.05, 0) is 51.7 Å². The van der Waals surface area contributed by atoms with Crippen LogP contribution in [0.5, 0.6) is 5.75 Å². The minimum Gasteiger partial charge on any atom is -0.490 e. The quantitative estimate of drug-likeness (QED) is 0.748. The third-order valence-electron chi connectivity index (χ3n) is 3.52. The van der Waals surface area contributed by atoms with Crippen LogP contribution in [0.3, 0.4) is 0 Å². The van der Waals surface area contributed by atoms with Crippen LogP contribution in [-0.4, -0.2) is 41.3 Å². The average molecular weight is 361 g/mol. The fourth-order valence-electron chi connectivity index (χ4n) is 2.32. The number of carbonyl (C=O) groups excluding carboxylic acids is 1. The molecular weight excluding hydrogens is 339 g/mol. The summed E-state index contributed by atoms with van der Waals surface area (Å²) >= 11 is 11.7. The molecule has 7 heteroatoms. The number of hydrogen-bond acceptors (Lipinski definition) is 4. The SMILES string of the molecule is CC(C)(C)OC(=O)N1CCC(COc2ccc(Cl)nc2Cl)CC1. The molecule has 5 nitrogen and oxygen atoms in total. The van der Waals surface area contributed by atoms with E-state index in [1.54, 1.807) is 17.0 Å². The second-order valence-corrected chi connectivity index (χ2v) is 7.39. The zero-order valence-electron chi connectivity index (χ0n) is 13.6. The Morgan fingerprint density at radius 2 is 1.96 bits per heavy atom. The first-order chi connectivity index (χ1) is 10.7. The van der Waals surface area contributed by atoms with Gasteiger partial charge in [0.05, 0.1) is 6.61 Å². The lowest BCUT2D eigenvalue weighted by Gasteiger charge is -2.33. The highest BCUT2D eigenvalue weighted by atomic mass is 35.5. The third-order valence-corrected chi connectivity index (χ3v) is 4.00. The van der Waals surface area contributed by atoms with Crippen LogP contribution >= 0.6 is 23.2 Å². The van der Waals surface area contributed by atoms with E-state index in [0.717, 1.165) is 12.8 Å². The summed E-state index contributed by atoms with van der Waals surface area (Å²) in [5.41, 5.74) is -0.463. The summed E-state index contributed by atoms with van der Waals surface area (Å²) in [6, 6.07) is 3.36. The molecule has 1 aromatic rings. The van der Waals surface area contributed by atoms with Gasteiger partial charge in [-0.15, -0.1) is 0 Å². The van der Waals surface area contributed by atoms with E-state index in [4.69, 9.17) is 32.7 Å². The minimum atomic E-state index is -0.463. The van der Waals surface area contributed by atoms with Crippen LogP contribution in [0.15, 0.2) is 12.1 Å². The number of likely N-dealkylation sites (tertiary alicyclic amines) is 1. The van der Waals surface area contributed by atoms with Crippen molar-refractivity contribution >= 4 is 29.3 Å². The Kier molecular flexibility index (Phi) is 5.98. The van der Waals surface area contributed by atoms with E-state index in [1.807, 2.05) is 20.8 Å². The largest absolute Gasteiger partial charge is 0.490 e. The zero-order valence-corrected chi connectivity index (χ0v) is 15.2. The first kappa shape index (κ1) is 18.1. The molecular formula is C16H22Cl2N2O3. The predicted molar refractivity (Wildman–Crippen MR) is 90.3 cm³/mol. The molecule has 23 heavy (non-hydrogen) atoms. The molecule has 1 saturated heterocycles. The number of piperidine rings is 1. The number of ether oxygens (including phenoxy) is 2. The van der Waals surface area contributed by atoms with Crippen LogP contribution in [-0.2, 0) is 4.74 Å². The molecule has 0 aromatic carbocycles. The van der Waals surface area contributed by atoms with Crippen LogP contribution in [0.25, 0.3) is 0 Å². The Morgan fingerprint density at radius 3 is 2.52 bits per heavy atom. The molecule has 1 aliphatic rings. The lowest BCUT2D eigenvalue weighted by atomic mass is 9.98. The number of nitrogens with zero attached hydrogens (tertiary/aromatic N) is 2. The average Bonchev–Trinajstić information content (AvgIpc) is 2.45. The van der Waals surface area contributed by atoms with Gasteiger partial charge in [-0.3, -0.25) is 0 Å². The van der Waals surface area contributed by atoms with E-state index >= 15 is 0 Å². The van der Waals surface area contributed by atoms with E-state index in [2.05, 4.69) is 4.98 Å². The molecule has 2 heterocycles. The van der Waals surface area contributed by atoms with E-state index in [1.165, 1.54) is 0 Å². The van der Waals surface area contributed by atoms with Crippen molar-refractivity contribution in [3.63, 3.8) is 0 Å². The smallest absolute Gasteiger partial charge is 0.410 e. The molecule has 0 aliphatic carbocycles. The van der Waals surface area contributed by atoms with Gasteiger partial charge >= 0.3 is 6.09 Å². The van der Waals surface area contributed by atoms with Crippen molar-refractivity contribution in [1.29, 1.82) is 0 Å². The molecule has 0 spiro atoms. The van der Waals surface area contributed by atoms with Gasteiger partial charge in [0.15, 0.2) is 10.9 Å². The maximum Gasteiger partial charge on any atom is 0.410 e. The van der Waals surface area contributed by atoms with Crippen LogP contribution in [0.2, 0.25) is 10.3 Å². The molecule has 1 aromatic heterocycles. The van der Waals surface area contributed by atoms with Crippen molar-refractivity contribution < 1.29 is 14.3 Å². The number of halogens is 2. The lowest BCUT2D eigenvalue weighted by Crippen LogP contribution is -2.42. The summed E-state index contributed by atoms with van der Waals surface area (Å²) < 4.78 is 11.1. The van der Waals surface area contributed by atoms with Gasteiger partial charge in [-0.2, -0.15) is 0 Å². The van der Waals surface area contributed by atoms with Crippen LogP contribution in [0.4, 0.5) is 4.79 Å². The Bertz CT molecular complexity index is 553. The molecule has 1 amide bonds. The van der Waals surface area contributed by atoms with Gasteiger partial charge < -0.3 is 14.4 Å². The molecule has 0 atom stereocenters. The minimum absolute atomic E-state index is 0.248. The molecule has 0 N–H and O–H groups in total. The van der Waals surface area contributed by atoms with Gasteiger partial charge in [0.25, 0.3) is 0 Å². The second-order valence-electron chi connectivity index (χ2n) is 6.64. The molecule has 0 saturated carbocycles. The Morgan fingerprint density at radius 1 is 1.30 bits per heavy atom. The Balaban J connectivity index is 1.77. The van der Waals surface area contributed by atoms with Gasteiger partial charge in [-0.25, -0.2) is 9.78 Å². The number of rotatable bonds is 3. The second kappa shape index (κ2) is 7.58. The predicted octanol–water partition coefficient (Wildman–Crippen LogP) is 4.41. The highest BCUT2D eigenvalue weighted by Crippen LogP contribution is 2.26. The van der Waals surface area contributed by atoms with Crippen molar-refractivity contribution in [2.24, 2.45) is 5.92 Å². The monoisotopic (exact) mass is 360 g/mol. The topological polar surface area (TPSA) is 51.7 Å². The van der Waals surface area contributed by atoms with Crippen molar-refractivity contribution in [1.82, 2.24) is 9.88 Å². The molecule has 1 aliphatic heterocycles. The van der Waals surface area contributed by atoms with Gasteiger partial charge in [-0.1, -0.05) is 23.2 Å². The standard InChI is InChI=1S/C16H22Cl2N2O3/c1-16(2,3)23-15(21)20-8-6-11(7-9-20)10-22-12-4-5-13(17)19-14(12)18/h4-5,11H,6-10H2,1-3H3. The fraction of sp³-hybridized carbons (Fsp3) is 0.625. The third kappa shape index (κ3) is 5.74. The molecule has 0 radical (unpaired) electrons. The number of carbonyl (C=O) groups is 1. The Hall–Kier alpha value is -1.20. The van der Waals surface area contributed by atoms with Gasteiger partial charge in [0.2, 0.25) is 0 Å². The van der Waals surface area contributed by atoms with Crippen LogP contribution < -0.4 is 4.74 Å². The van der Waals surface area contributed by atoms with E-state index < -0.39 is 5.60 Å². The van der Waals surface area contributed by atoms with E-state index in [9.17, 15) is 4.79 Å². The van der Waals surface area contributed by atoms with Crippen molar-refractivity contribution in [2.45, 2.75) is 39.2 Å². The molecule has 2 rings (SSSR count). The van der Waals surface area contributed by atoms with Crippen molar-refractivity contribution in [3.8, 4) is 5.75 Å². The summed E-state index contributed by atoms with van der Waals surface area (Å²) in [5.74, 6) is 0.908. The van der Waals surface area contributed by atoms with Crippen LogP contribution in [0, 0.1) is 5.92 Å². The summed E-state index contributed by atoms with van der Waals surface area (Å²) in [6.07, 6.45) is 1.50. The van der Waals surface area contributed by atoms with Gasteiger partial charge in [0.1, 0.15) is 10.8 Å². The summed E-state index contributed by atoms with van der Waals surface area (Å²) in [7, 11) is 0. The van der Waals surface area contributed by atoms with E-state index in [0.29, 0.717) is 36.5 Å².